The number of ether oxygens (including phenoxy) is 4. The normalized spacial score (nSPS) is 26.6. The molecule has 1 spiro atoms. The number of carbonyl (C=O) groups excluding carboxylic acids is 2. The van der Waals surface area contributed by atoms with Crippen LogP contribution in [0.2, 0.25) is 0 Å². The highest BCUT2D eigenvalue weighted by atomic mass is 16.7. The van der Waals surface area contributed by atoms with Gasteiger partial charge in [-0.25, -0.2) is 4.79 Å². The summed E-state index contributed by atoms with van der Waals surface area (Å²) in [5, 5.41) is 21.8. The van der Waals surface area contributed by atoms with Crippen LogP contribution in [0.15, 0.2) is 36.4 Å². The number of fused-ring (bicyclic) bond motifs is 3. The van der Waals surface area contributed by atoms with Crippen LogP contribution in [-0.2, 0) is 25.5 Å². The SMILES string of the molecule is C=CCOC(=O)C[C@](O)(CCCC(C)(C)O)C(=O)OC1C(C)=CC23CCCN2CCc2cc4c(cc2[C@H]13)OCO4. The Morgan fingerprint density at radius 1 is 1.20 bits per heavy atom. The highest BCUT2D eigenvalue weighted by Gasteiger charge is 2.57. The second-order valence-corrected chi connectivity index (χ2v) is 12.3. The van der Waals surface area contributed by atoms with Crippen LogP contribution in [0, 0.1) is 0 Å². The first-order valence-electron chi connectivity index (χ1n) is 14.2. The van der Waals surface area contributed by atoms with Crippen molar-refractivity contribution in [2.75, 3.05) is 26.5 Å². The molecule has 218 valence electrons. The number of hydrogen-bond acceptors (Lipinski definition) is 9. The Balaban J connectivity index is 1.46. The van der Waals surface area contributed by atoms with Gasteiger partial charge in [0.2, 0.25) is 6.79 Å². The average Bonchev–Trinajstić information content (AvgIpc) is 3.55. The summed E-state index contributed by atoms with van der Waals surface area (Å²) in [5.74, 6) is -0.357. The zero-order chi connectivity index (χ0) is 28.7. The summed E-state index contributed by atoms with van der Waals surface area (Å²) in [6, 6.07) is 4.07. The van der Waals surface area contributed by atoms with Crippen LogP contribution in [0.3, 0.4) is 0 Å². The van der Waals surface area contributed by atoms with Crippen molar-refractivity contribution in [3.8, 4) is 11.5 Å². The van der Waals surface area contributed by atoms with Crippen molar-refractivity contribution < 1.29 is 38.7 Å². The molecule has 0 radical (unpaired) electrons. The van der Waals surface area contributed by atoms with E-state index < -0.39 is 35.7 Å². The quantitative estimate of drug-likeness (QED) is 0.330. The first kappa shape index (κ1) is 28.6. The van der Waals surface area contributed by atoms with E-state index in [4.69, 9.17) is 18.9 Å². The first-order chi connectivity index (χ1) is 19.0. The molecule has 4 aliphatic rings. The van der Waals surface area contributed by atoms with E-state index >= 15 is 0 Å². The lowest BCUT2D eigenvalue weighted by Crippen LogP contribution is -2.49. The van der Waals surface area contributed by atoms with E-state index in [0.717, 1.165) is 54.8 Å². The molecule has 3 aliphatic heterocycles. The molecule has 2 unspecified atom stereocenters. The van der Waals surface area contributed by atoms with Gasteiger partial charge in [0.05, 0.1) is 17.6 Å². The number of hydrogen-bond donors (Lipinski definition) is 2. The molecular formula is C31H41NO8. The Bertz CT molecular complexity index is 1200. The van der Waals surface area contributed by atoms with Gasteiger partial charge < -0.3 is 29.2 Å². The Hall–Kier alpha value is -2.88. The van der Waals surface area contributed by atoms with E-state index in [1.54, 1.807) is 13.8 Å². The highest BCUT2D eigenvalue weighted by Crippen LogP contribution is 2.55. The maximum absolute atomic E-state index is 13.8. The molecular weight excluding hydrogens is 514 g/mol. The summed E-state index contributed by atoms with van der Waals surface area (Å²) in [6.07, 6.45) is 5.92. The topological polar surface area (TPSA) is 115 Å². The third-order valence-corrected chi connectivity index (χ3v) is 8.77. The zero-order valence-corrected chi connectivity index (χ0v) is 23.7. The van der Waals surface area contributed by atoms with Crippen molar-refractivity contribution >= 4 is 11.9 Å². The summed E-state index contributed by atoms with van der Waals surface area (Å²) in [4.78, 5) is 28.9. The molecule has 2 N–H and O–H groups in total. The number of rotatable bonds is 10. The smallest absolute Gasteiger partial charge is 0.339 e. The predicted octanol–water partition coefficient (Wildman–Crippen LogP) is 3.55. The number of nitrogens with zero attached hydrogens (tertiary/aromatic N) is 1. The molecule has 1 aromatic carbocycles. The Morgan fingerprint density at radius 2 is 1.95 bits per heavy atom. The maximum atomic E-state index is 13.8. The van der Waals surface area contributed by atoms with Gasteiger partial charge in [-0.05, 0) is 94.7 Å². The molecule has 1 saturated heterocycles. The van der Waals surface area contributed by atoms with E-state index in [-0.39, 0.29) is 31.3 Å². The van der Waals surface area contributed by atoms with Gasteiger partial charge >= 0.3 is 11.9 Å². The van der Waals surface area contributed by atoms with Crippen LogP contribution in [-0.4, -0.2) is 76.4 Å². The minimum atomic E-state index is -2.10. The van der Waals surface area contributed by atoms with E-state index in [0.29, 0.717) is 18.6 Å². The molecule has 0 amide bonds. The van der Waals surface area contributed by atoms with Crippen molar-refractivity contribution in [3.05, 3.63) is 47.6 Å². The molecule has 5 rings (SSSR count). The van der Waals surface area contributed by atoms with Gasteiger partial charge in [0, 0.05) is 12.5 Å². The minimum Gasteiger partial charge on any atom is -0.461 e. The summed E-state index contributed by atoms with van der Waals surface area (Å²) in [7, 11) is 0. The van der Waals surface area contributed by atoms with Gasteiger partial charge in [0.25, 0.3) is 0 Å². The molecule has 3 heterocycles. The fourth-order valence-electron chi connectivity index (χ4n) is 6.94. The molecule has 9 nitrogen and oxygen atoms in total. The van der Waals surface area contributed by atoms with Crippen LogP contribution in [0.1, 0.15) is 76.3 Å². The molecule has 9 heteroatoms. The average molecular weight is 556 g/mol. The van der Waals surface area contributed by atoms with E-state index in [9.17, 15) is 19.8 Å². The minimum absolute atomic E-state index is 0.0224. The van der Waals surface area contributed by atoms with Crippen LogP contribution in [0.25, 0.3) is 0 Å². The second kappa shape index (κ2) is 10.8. The fourth-order valence-corrected chi connectivity index (χ4v) is 6.94. The van der Waals surface area contributed by atoms with Gasteiger partial charge in [0.15, 0.2) is 17.1 Å². The zero-order valence-electron chi connectivity index (χ0n) is 23.7. The molecule has 1 aliphatic carbocycles. The van der Waals surface area contributed by atoms with Crippen LogP contribution < -0.4 is 9.47 Å². The number of esters is 2. The summed E-state index contributed by atoms with van der Waals surface area (Å²) in [5.41, 5.74) is -0.263. The van der Waals surface area contributed by atoms with Crippen molar-refractivity contribution in [1.82, 2.24) is 4.90 Å². The number of benzene rings is 1. The lowest BCUT2D eigenvalue weighted by atomic mass is 9.77. The van der Waals surface area contributed by atoms with Crippen LogP contribution >= 0.6 is 0 Å². The molecule has 1 aromatic rings. The lowest BCUT2D eigenvalue weighted by molar-refractivity contribution is -0.177. The summed E-state index contributed by atoms with van der Waals surface area (Å²) < 4.78 is 22.7. The van der Waals surface area contributed by atoms with E-state index in [1.165, 1.54) is 6.08 Å². The number of carbonyl (C=O) groups is 2. The fraction of sp³-hybridized carbons (Fsp3) is 0.613. The van der Waals surface area contributed by atoms with Gasteiger partial charge in [-0.1, -0.05) is 18.7 Å². The molecule has 4 atom stereocenters. The first-order valence-corrected chi connectivity index (χ1v) is 14.2. The third-order valence-electron chi connectivity index (χ3n) is 8.77. The van der Waals surface area contributed by atoms with Gasteiger partial charge in [-0.3, -0.25) is 9.69 Å². The van der Waals surface area contributed by atoms with Crippen molar-refractivity contribution in [1.29, 1.82) is 0 Å². The van der Waals surface area contributed by atoms with E-state index in [1.807, 2.05) is 19.1 Å². The predicted molar refractivity (Wildman–Crippen MR) is 147 cm³/mol. The summed E-state index contributed by atoms with van der Waals surface area (Å²) in [6.45, 7) is 10.8. The highest BCUT2D eigenvalue weighted by molar-refractivity contribution is 5.86. The van der Waals surface area contributed by atoms with Gasteiger partial charge in [-0.15, -0.1) is 0 Å². The van der Waals surface area contributed by atoms with E-state index in [2.05, 4.69) is 17.6 Å². The van der Waals surface area contributed by atoms with Gasteiger partial charge in [0.1, 0.15) is 12.7 Å². The Morgan fingerprint density at radius 3 is 2.67 bits per heavy atom. The third kappa shape index (κ3) is 5.39. The molecule has 0 saturated carbocycles. The Kier molecular flexibility index (Phi) is 7.76. The van der Waals surface area contributed by atoms with Crippen LogP contribution in [0.4, 0.5) is 0 Å². The molecule has 40 heavy (non-hydrogen) atoms. The maximum Gasteiger partial charge on any atom is 0.339 e. The van der Waals surface area contributed by atoms with Crippen LogP contribution in [0.5, 0.6) is 11.5 Å². The summed E-state index contributed by atoms with van der Waals surface area (Å²) >= 11 is 0. The van der Waals surface area contributed by atoms with Gasteiger partial charge in [-0.2, -0.15) is 0 Å². The van der Waals surface area contributed by atoms with Crippen molar-refractivity contribution in [2.24, 2.45) is 0 Å². The standard InChI is InChI=1S/C31H41NO8/c1-5-14-37-25(33)18-31(36,11-6-9-29(3,4)35)28(34)40-27-20(2)17-30-10-7-12-32(30)13-8-21-15-23-24(39-19-38-23)16-22(21)26(27)30/h5,15-17,26-27,35-36H,1,6-14,18-19H2,2-4H3/t26-,27?,30?,31-/m1/s1. The Labute approximate surface area is 235 Å². The molecule has 0 aromatic heterocycles. The van der Waals surface area contributed by atoms with Crippen molar-refractivity contribution in [2.45, 2.75) is 94.5 Å². The largest absolute Gasteiger partial charge is 0.461 e. The molecule has 0 bridgehead atoms. The lowest BCUT2D eigenvalue weighted by Gasteiger charge is -2.40. The number of aliphatic hydroxyl groups is 2. The molecule has 1 fully saturated rings. The second-order valence-electron chi connectivity index (χ2n) is 12.3. The van der Waals surface area contributed by atoms with Crippen molar-refractivity contribution in [3.63, 3.8) is 0 Å². The monoisotopic (exact) mass is 555 g/mol.